The van der Waals surface area contributed by atoms with Crippen LogP contribution < -0.4 is 0 Å². The summed E-state index contributed by atoms with van der Waals surface area (Å²) in [6, 6.07) is -0.851. The van der Waals surface area contributed by atoms with Gasteiger partial charge in [-0.2, -0.15) is 0 Å². The van der Waals surface area contributed by atoms with E-state index in [1.165, 1.54) is 22.3 Å². The Kier molecular flexibility index (Phi) is 2.83. The molecule has 19 heavy (non-hydrogen) atoms. The van der Waals surface area contributed by atoms with E-state index in [-0.39, 0.29) is 12.3 Å². The van der Waals surface area contributed by atoms with Gasteiger partial charge in [0.2, 0.25) is 5.91 Å². The van der Waals surface area contributed by atoms with Crippen LogP contribution in [0.5, 0.6) is 0 Å². The number of thiazole rings is 1. The Labute approximate surface area is 112 Å². The Morgan fingerprint density at radius 3 is 3.11 bits per heavy atom. The molecule has 1 N–H and O–H groups in total. The number of carbonyl (C=O) groups excluding carboxylic acids is 1. The molecule has 1 aliphatic rings. The highest BCUT2D eigenvalue weighted by atomic mass is 32.1. The minimum atomic E-state index is -1.01. The first-order chi connectivity index (χ1) is 9.15. The van der Waals surface area contributed by atoms with Gasteiger partial charge >= 0.3 is 5.97 Å². The quantitative estimate of drug-likeness (QED) is 0.842. The van der Waals surface area contributed by atoms with Crippen LogP contribution in [0.15, 0.2) is 29.9 Å². The Morgan fingerprint density at radius 1 is 1.53 bits per heavy atom. The number of carboxylic acid groups (broad SMARTS) is 1. The van der Waals surface area contributed by atoms with Gasteiger partial charge in [0.15, 0.2) is 4.96 Å². The van der Waals surface area contributed by atoms with E-state index in [9.17, 15) is 9.59 Å². The van der Waals surface area contributed by atoms with Crippen molar-refractivity contribution in [3.8, 4) is 0 Å². The normalized spacial score (nSPS) is 18.3. The number of hydrogen-bond donors (Lipinski definition) is 1. The van der Waals surface area contributed by atoms with Gasteiger partial charge in [-0.1, -0.05) is 12.2 Å². The third-order valence-corrected chi connectivity index (χ3v) is 3.78. The Balaban J connectivity index is 1.74. The molecule has 0 saturated carbocycles. The summed E-state index contributed by atoms with van der Waals surface area (Å²) >= 11 is 1.49. The van der Waals surface area contributed by atoms with E-state index in [0.717, 1.165) is 4.96 Å². The summed E-state index contributed by atoms with van der Waals surface area (Å²) in [7, 11) is 0. The van der Waals surface area contributed by atoms with E-state index >= 15 is 0 Å². The Morgan fingerprint density at radius 2 is 2.37 bits per heavy atom. The fourth-order valence-corrected chi connectivity index (χ4v) is 2.83. The second-order valence-electron chi connectivity index (χ2n) is 4.26. The standard InChI is InChI=1S/C12H11N3O3S/c16-10(15-3-1-2-9(15)11(17)18)6-8-7-14-4-5-19-12(14)13-8/h1-2,4-5,7,9H,3,6H2,(H,17,18)/t9-/m0/s1. The second kappa shape index (κ2) is 4.51. The van der Waals surface area contributed by atoms with Gasteiger partial charge in [-0.3, -0.25) is 9.20 Å². The highest BCUT2D eigenvalue weighted by Crippen LogP contribution is 2.15. The molecule has 7 heteroatoms. The topological polar surface area (TPSA) is 74.9 Å². The Hall–Kier alpha value is -2.15. The number of fused-ring (bicyclic) bond motifs is 1. The molecule has 0 bridgehead atoms. The molecule has 1 atom stereocenters. The maximum absolute atomic E-state index is 12.1. The molecular weight excluding hydrogens is 266 g/mol. The maximum atomic E-state index is 12.1. The first-order valence-corrected chi connectivity index (χ1v) is 6.63. The van der Waals surface area contributed by atoms with E-state index in [0.29, 0.717) is 12.2 Å². The van der Waals surface area contributed by atoms with Gasteiger partial charge in [-0.15, -0.1) is 11.3 Å². The van der Waals surface area contributed by atoms with Crippen molar-refractivity contribution in [3.63, 3.8) is 0 Å². The number of aliphatic carboxylic acids is 1. The van der Waals surface area contributed by atoms with E-state index < -0.39 is 12.0 Å². The number of hydrogen-bond acceptors (Lipinski definition) is 4. The smallest absolute Gasteiger partial charge is 0.330 e. The van der Waals surface area contributed by atoms with E-state index in [2.05, 4.69) is 4.98 Å². The van der Waals surface area contributed by atoms with Crippen molar-refractivity contribution in [2.75, 3.05) is 6.54 Å². The molecule has 0 spiro atoms. The number of aromatic nitrogens is 2. The second-order valence-corrected chi connectivity index (χ2v) is 5.13. The van der Waals surface area contributed by atoms with Crippen LogP contribution in [0.4, 0.5) is 0 Å². The number of carboxylic acids is 1. The summed E-state index contributed by atoms with van der Waals surface area (Å²) in [4.78, 5) is 29.6. The molecule has 2 aromatic heterocycles. The van der Waals surface area contributed by atoms with Crippen LogP contribution in [0, 0.1) is 0 Å². The van der Waals surface area contributed by atoms with Crippen molar-refractivity contribution in [1.82, 2.24) is 14.3 Å². The molecule has 98 valence electrons. The monoisotopic (exact) mass is 277 g/mol. The van der Waals surface area contributed by atoms with Gasteiger partial charge in [-0.25, -0.2) is 9.78 Å². The zero-order valence-corrected chi connectivity index (χ0v) is 10.7. The summed E-state index contributed by atoms with van der Waals surface area (Å²) < 4.78 is 1.85. The van der Waals surface area contributed by atoms with Crippen LogP contribution in [0.1, 0.15) is 5.69 Å². The van der Waals surface area contributed by atoms with Gasteiger partial charge in [-0.05, 0) is 0 Å². The van der Waals surface area contributed by atoms with Gasteiger partial charge in [0.25, 0.3) is 0 Å². The molecule has 3 heterocycles. The summed E-state index contributed by atoms with van der Waals surface area (Å²) in [6.45, 7) is 0.345. The van der Waals surface area contributed by atoms with Crippen molar-refractivity contribution in [2.45, 2.75) is 12.5 Å². The van der Waals surface area contributed by atoms with Crippen LogP contribution in [0.3, 0.4) is 0 Å². The minimum Gasteiger partial charge on any atom is -0.479 e. The molecule has 3 rings (SSSR count). The number of carbonyl (C=O) groups is 2. The first kappa shape index (κ1) is 11.9. The molecule has 0 radical (unpaired) electrons. The van der Waals surface area contributed by atoms with Crippen LogP contribution in [0.25, 0.3) is 4.96 Å². The van der Waals surface area contributed by atoms with Crippen LogP contribution in [-0.2, 0) is 16.0 Å². The van der Waals surface area contributed by atoms with Crippen molar-refractivity contribution < 1.29 is 14.7 Å². The van der Waals surface area contributed by atoms with Gasteiger partial charge < -0.3 is 10.0 Å². The number of amides is 1. The molecule has 0 aliphatic carbocycles. The molecular formula is C12H11N3O3S. The third-order valence-electron chi connectivity index (χ3n) is 3.01. The zero-order valence-electron chi connectivity index (χ0n) is 9.89. The van der Waals surface area contributed by atoms with Gasteiger partial charge in [0.1, 0.15) is 6.04 Å². The third kappa shape index (κ3) is 2.12. The molecule has 1 amide bonds. The molecule has 0 saturated heterocycles. The predicted molar refractivity (Wildman–Crippen MR) is 69.0 cm³/mol. The molecule has 1 aliphatic heterocycles. The summed E-state index contributed by atoms with van der Waals surface area (Å²) in [6.07, 6.45) is 7.02. The van der Waals surface area contributed by atoms with Gasteiger partial charge in [0.05, 0.1) is 12.1 Å². The Bertz CT molecular complexity index is 644. The lowest BCUT2D eigenvalue weighted by molar-refractivity contribution is -0.146. The van der Waals surface area contributed by atoms with Gasteiger partial charge in [0, 0.05) is 24.3 Å². The SMILES string of the molecule is O=C(O)[C@@H]1C=CCN1C(=O)Cc1cn2ccsc2n1. The highest BCUT2D eigenvalue weighted by Gasteiger charge is 2.30. The lowest BCUT2D eigenvalue weighted by atomic mass is 10.2. The summed E-state index contributed by atoms with van der Waals surface area (Å²) in [5.74, 6) is -1.23. The number of nitrogens with zero attached hydrogens (tertiary/aromatic N) is 3. The van der Waals surface area contributed by atoms with Crippen LogP contribution in [0.2, 0.25) is 0 Å². The lowest BCUT2D eigenvalue weighted by Crippen LogP contribution is -2.41. The summed E-state index contributed by atoms with van der Waals surface area (Å²) in [5, 5.41) is 10.9. The molecule has 0 aromatic carbocycles. The van der Waals surface area contributed by atoms with Crippen LogP contribution >= 0.6 is 11.3 Å². The highest BCUT2D eigenvalue weighted by molar-refractivity contribution is 7.15. The van der Waals surface area contributed by atoms with E-state index in [1.54, 1.807) is 12.3 Å². The molecule has 0 unspecified atom stereocenters. The average molecular weight is 277 g/mol. The van der Waals surface area contributed by atoms with Crippen molar-refractivity contribution >= 4 is 28.2 Å². The van der Waals surface area contributed by atoms with Crippen molar-refractivity contribution in [1.29, 1.82) is 0 Å². The fourth-order valence-electron chi connectivity index (χ4n) is 2.11. The molecule has 6 nitrogen and oxygen atoms in total. The predicted octanol–water partition coefficient (Wildman–Crippen LogP) is 0.790. The number of imidazole rings is 1. The average Bonchev–Trinajstić information content (AvgIpc) is 3.01. The first-order valence-electron chi connectivity index (χ1n) is 5.75. The van der Waals surface area contributed by atoms with Crippen molar-refractivity contribution in [2.24, 2.45) is 0 Å². The number of rotatable bonds is 3. The fraction of sp³-hybridized carbons (Fsp3) is 0.250. The maximum Gasteiger partial charge on any atom is 0.330 e. The largest absolute Gasteiger partial charge is 0.479 e. The van der Waals surface area contributed by atoms with Crippen LogP contribution in [-0.4, -0.2) is 43.9 Å². The molecule has 0 fully saturated rings. The van der Waals surface area contributed by atoms with Crippen molar-refractivity contribution in [3.05, 3.63) is 35.6 Å². The zero-order chi connectivity index (χ0) is 13.4. The minimum absolute atomic E-state index is 0.125. The lowest BCUT2D eigenvalue weighted by Gasteiger charge is -2.20. The van der Waals surface area contributed by atoms with E-state index in [1.807, 2.05) is 16.0 Å². The summed E-state index contributed by atoms with van der Waals surface area (Å²) in [5.41, 5.74) is 0.660. The van der Waals surface area contributed by atoms with E-state index in [4.69, 9.17) is 5.11 Å². The molecule has 2 aromatic rings.